The van der Waals surface area contributed by atoms with E-state index in [-0.39, 0.29) is 17.9 Å². The standard InChI is InChI=1S/C24H21N7O3/c1-2-34-24(33)25-14-9-10-15-18(11-14)26-23-28-21(27-20-12-17(29-30-20)13-7-8-13)16-5-3-4-6-19(16)31(23)22(15)32/h3-6,9-13H,2,7-8H2,1H3,(H,25,33)(H2,26,27,28,29,30). The van der Waals surface area contributed by atoms with Crippen LogP contribution < -0.4 is 16.2 Å². The molecule has 10 nitrogen and oxygen atoms in total. The molecule has 0 atom stereocenters. The van der Waals surface area contributed by atoms with Crippen LogP contribution in [-0.4, -0.2) is 37.3 Å². The number of carbonyl (C=O) groups excluding carboxylic acids is 1. The number of aromatic nitrogens is 5. The summed E-state index contributed by atoms with van der Waals surface area (Å²) in [6.07, 6.45) is 1.75. The maximum atomic E-state index is 13.4. The van der Waals surface area contributed by atoms with Crippen LogP contribution in [0, 0.1) is 0 Å². The van der Waals surface area contributed by atoms with Crippen LogP contribution in [0.5, 0.6) is 0 Å². The van der Waals surface area contributed by atoms with E-state index in [0.717, 1.165) is 29.7 Å². The fraction of sp³-hybridized carbons (Fsp3) is 0.208. The Morgan fingerprint density at radius 2 is 2.00 bits per heavy atom. The molecule has 3 N–H and O–H groups in total. The van der Waals surface area contributed by atoms with Crippen molar-refractivity contribution < 1.29 is 9.53 Å². The molecule has 0 bridgehead atoms. The summed E-state index contributed by atoms with van der Waals surface area (Å²) >= 11 is 0. The number of H-pyrrole nitrogens is 1. The number of amides is 1. The molecule has 10 heteroatoms. The smallest absolute Gasteiger partial charge is 0.411 e. The summed E-state index contributed by atoms with van der Waals surface area (Å²) in [4.78, 5) is 34.5. The van der Waals surface area contributed by atoms with E-state index in [0.29, 0.717) is 33.8 Å². The van der Waals surface area contributed by atoms with Crippen molar-refractivity contribution in [1.82, 2.24) is 24.6 Å². The molecular formula is C24H21N7O3. The Bertz CT molecular complexity index is 1640. The van der Waals surface area contributed by atoms with Crippen molar-refractivity contribution >= 4 is 51.0 Å². The van der Waals surface area contributed by atoms with Gasteiger partial charge in [0.1, 0.15) is 11.6 Å². The van der Waals surface area contributed by atoms with Gasteiger partial charge in [0, 0.05) is 23.1 Å². The van der Waals surface area contributed by atoms with Crippen LogP contribution in [0.4, 0.5) is 22.1 Å². The SMILES string of the molecule is CCOC(=O)Nc1ccc2c(=O)n3c(nc(Nc4cc(C5CC5)n[nH]4)c4ccccc43)nc2c1. The van der Waals surface area contributed by atoms with Gasteiger partial charge in [0.2, 0.25) is 5.78 Å². The van der Waals surface area contributed by atoms with E-state index in [1.165, 1.54) is 4.40 Å². The number of rotatable bonds is 5. The third-order valence-electron chi connectivity index (χ3n) is 5.83. The molecule has 1 aliphatic carbocycles. The average molecular weight is 455 g/mol. The number of aromatic amines is 1. The Kier molecular flexibility index (Phi) is 4.65. The lowest BCUT2D eigenvalue weighted by molar-refractivity contribution is 0.168. The van der Waals surface area contributed by atoms with Gasteiger partial charge in [-0.25, -0.2) is 14.2 Å². The number of nitrogens with one attached hydrogen (secondary N) is 3. The fourth-order valence-electron chi connectivity index (χ4n) is 4.07. The van der Waals surface area contributed by atoms with Crippen LogP contribution in [0.1, 0.15) is 31.4 Å². The number of carbonyl (C=O) groups is 1. The second-order valence-corrected chi connectivity index (χ2v) is 8.21. The molecule has 1 amide bonds. The van der Waals surface area contributed by atoms with Crippen LogP contribution in [0.2, 0.25) is 0 Å². The van der Waals surface area contributed by atoms with Crippen LogP contribution in [0.15, 0.2) is 53.3 Å². The first kappa shape index (κ1) is 20.2. The summed E-state index contributed by atoms with van der Waals surface area (Å²) in [6, 6.07) is 14.5. The molecule has 0 aliphatic heterocycles. The molecule has 3 aromatic heterocycles. The van der Waals surface area contributed by atoms with Gasteiger partial charge in [0.05, 0.1) is 28.7 Å². The topological polar surface area (TPSA) is 126 Å². The summed E-state index contributed by atoms with van der Waals surface area (Å²) in [7, 11) is 0. The van der Waals surface area contributed by atoms with Crippen molar-refractivity contribution in [2.24, 2.45) is 0 Å². The molecule has 6 rings (SSSR count). The van der Waals surface area contributed by atoms with E-state index in [2.05, 4.69) is 30.8 Å². The van der Waals surface area contributed by atoms with Crippen molar-refractivity contribution in [3.63, 3.8) is 0 Å². The number of hydrogen-bond donors (Lipinski definition) is 3. The zero-order valence-corrected chi connectivity index (χ0v) is 18.3. The Morgan fingerprint density at radius 1 is 1.15 bits per heavy atom. The lowest BCUT2D eigenvalue weighted by atomic mass is 10.2. The van der Waals surface area contributed by atoms with Gasteiger partial charge in [0.25, 0.3) is 5.56 Å². The predicted molar refractivity (Wildman–Crippen MR) is 129 cm³/mol. The Balaban J connectivity index is 1.49. The lowest BCUT2D eigenvalue weighted by Crippen LogP contribution is -2.18. The lowest BCUT2D eigenvalue weighted by Gasteiger charge is -2.12. The van der Waals surface area contributed by atoms with Crippen LogP contribution in [-0.2, 0) is 4.74 Å². The fourth-order valence-corrected chi connectivity index (χ4v) is 4.07. The molecule has 170 valence electrons. The second kappa shape index (κ2) is 7.84. The first-order valence-corrected chi connectivity index (χ1v) is 11.1. The van der Waals surface area contributed by atoms with Crippen molar-refractivity contribution in [1.29, 1.82) is 0 Å². The van der Waals surface area contributed by atoms with Crippen LogP contribution in [0.3, 0.4) is 0 Å². The minimum Gasteiger partial charge on any atom is -0.450 e. The van der Waals surface area contributed by atoms with Gasteiger partial charge in [-0.15, -0.1) is 0 Å². The van der Waals surface area contributed by atoms with Gasteiger partial charge in [-0.2, -0.15) is 10.1 Å². The highest BCUT2D eigenvalue weighted by Crippen LogP contribution is 2.39. The molecule has 0 saturated heterocycles. The highest BCUT2D eigenvalue weighted by atomic mass is 16.5. The van der Waals surface area contributed by atoms with Crippen molar-refractivity contribution in [2.45, 2.75) is 25.7 Å². The van der Waals surface area contributed by atoms with Crippen molar-refractivity contribution in [3.05, 3.63) is 64.6 Å². The highest BCUT2D eigenvalue weighted by molar-refractivity contribution is 5.94. The third-order valence-corrected chi connectivity index (χ3v) is 5.83. The Morgan fingerprint density at radius 3 is 2.82 bits per heavy atom. The van der Waals surface area contributed by atoms with Gasteiger partial charge in [-0.05, 0) is 50.1 Å². The molecule has 1 fully saturated rings. The number of para-hydroxylation sites is 1. The molecule has 1 saturated carbocycles. The van der Waals surface area contributed by atoms with E-state index in [1.54, 1.807) is 25.1 Å². The number of hydrogen-bond acceptors (Lipinski definition) is 7. The minimum atomic E-state index is -0.569. The number of nitrogens with zero attached hydrogens (tertiary/aromatic N) is 4. The van der Waals surface area contributed by atoms with Crippen LogP contribution >= 0.6 is 0 Å². The number of ether oxygens (including phenoxy) is 1. The summed E-state index contributed by atoms with van der Waals surface area (Å²) in [6.45, 7) is 1.99. The molecule has 0 radical (unpaired) electrons. The van der Waals surface area contributed by atoms with Gasteiger partial charge in [-0.1, -0.05) is 12.1 Å². The summed E-state index contributed by atoms with van der Waals surface area (Å²) in [5.41, 5.74) is 2.38. The zero-order chi connectivity index (χ0) is 23.2. The van der Waals surface area contributed by atoms with E-state index in [1.807, 2.05) is 30.3 Å². The second-order valence-electron chi connectivity index (χ2n) is 8.21. The monoisotopic (exact) mass is 455 g/mol. The molecule has 5 aromatic rings. The third kappa shape index (κ3) is 3.49. The summed E-state index contributed by atoms with van der Waals surface area (Å²) < 4.78 is 6.43. The minimum absolute atomic E-state index is 0.240. The maximum Gasteiger partial charge on any atom is 0.411 e. The Labute approximate surface area is 193 Å². The molecule has 2 aromatic carbocycles. The zero-order valence-electron chi connectivity index (χ0n) is 18.3. The quantitative estimate of drug-likeness (QED) is 0.266. The maximum absolute atomic E-state index is 13.4. The van der Waals surface area contributed by atoms with Crippen LogP contribution in [0.25, 0.3) is 27.6 Å². The molecule has 0 spiro atoms. The molecule has 34 heavy (non-hydrogen) atoms. The number of benzene rings is 2. The highest BCUT2D eigenvalue weighted by Gasteiger charge is 2.26. The van der Waals surface area contributed by atoms with Gasteiger partial charge in [-0.3, -0.25) is 15.2 Å². The van der Waals surface area contributed by atoms with E-state index in [9.17, 15) is 9.59 Å². The number of anilines is 3. The first-order chi connectivity index (χ1) is 16.6. The van der Waals surface area contributed by atoms with E-state index >= 15 is 0 Å². The van der Waals surface area contributed by atoms with Gasteiger partial charge >= 0.3 is 6.09 Å². The summed E-state index contributed by atoms with van der Waals surface area (Å²) in [5, 5.41) is 14.6. The molecule has 1 aliphatic rings. The normalized spacial score (nSPS) is 13.4. The van der Waals surface area contributed by atoms with Crippen molar-refractivity contribution in [3.8, 4) is 0 Å². The van der Waals surface area contributed by atoms with E-state index < -0.39 is 6.09 Å². The Hall–Kier alpha value is -4.47. The largest absolute Gasteiger partial charge is 0.450 e. The van der Waals surface area contributed by atoms with Gasteiger partial charge in [0.15, 0.2) is 0 Å². The average Bonchev–Trinajstić information content (AvgIpc) is 3.58. The summed E-state index contributed by atoms with van der Waals surface area (Å²) in [5.74, 6) is 2.06. The molecular weight excluding hydrogens is 434 g/mol. The van der Waals surface area contributed by atoms with Crippen molar-refractivity contribution in [2.75, 3.05) is 17.2 Å². The first-order valence-electron chi connectivity index (χ1n) is 11.1. The van der Waals surface area contributed by atoms with Gasteiger partial charge < -0.3 is 10.1 Å². The van der Waals surface area contributed by atoms with E-state index in [4.69, 9.17) is 4.74 Å². The number of fused-ring (bicyclic) bond motifs is 4. The molecule has 0 unspecified atom stereocenters. The predicted octanol–water partition coefficient (Wildman–Crippen LogP) is 4.31. The molecule has 3 heterocycles.